The molecule has 2 aromatic rings. The molecule has 0 radical (unpaired) electrons. The van der Waals surface area contributed by atoms with Crippen LogP contribution in [0.15, 0.2) is 29.6 Å². The van der Waals surface area contributed by atoms with E-state index in [-0.39, 0.29) is 6.04 Å². The van der Waals surface area contributed by atoms with Crippen LogP contribution in [0.1, 0.15) is 29.0 Å². The molecule has 102 valence electrons. The summed E-state index contributed by atoms with van der Waals surface area (Å²) in [5, 5.41) is 7.18. The normalized spacial score (nSPS) is 12.6. The number of benzene rings is 1. The predicted octanol–water partition coefficient (Wildman–Crippen LogP) is 5.26. The molecule has 19 heavy (non-hydrogen) atoms. The van der Waals surface area contributed by atoms with Crippen LogP contribution in [0.25, 0.3) is 0 Å². The second-order valence-electron chi connectivity index (χ2n) is 4.51. The summed E-state index contributed by atoms with van der Waals surface area (Å²) < 4.78 is 0. The van der Waals surface area contributed by atoms with Gasteiger partial charge in [-0.3, -0.25) is 0 Å². The van der Waals surface area contributed by atoms with Crippen molar-refractivity contribution in [2.24, 2.45) is 0 Å². The quantitative estimate of drug-likeness (QED) is 0.794. The van der Waals surface area contributed by atoms with Gasteiger partial charge in [-0.15, -0.1) is 11.3 Å². The molecule has 0 spiro atoms. The van der Waals surface area contributed by atoms with Crippen molar-refractivity contribution >= 4 is 34.5 Å². The molecule has 0 amide bonds. The Bertz CT molecular complexity index is 531. The Hall–Kier alpha value is -0.540. The summed E-state index contributed by atoms with van der Waals surface area (Å²) in [7, 11) is 0. The average Bonchev–Trinajstić information content (AvgIpc) is 2.79. The minimum atomic E-state index is 0.257. The number of halogens is 2. The summed E-state index contributed by atoms with van der Waals surface area (Å²) in [5.74, 6) is 0. The fourth-order valence-electron chi connectivity index (χ4n) is 2.13. The van der Waals surface area contributed by atoms with Gasteiger partial charge in [0.05, 0.1) is 0 Å². The fraction of sp³-hybridized carbons (Fsp3) is 0.333. The van der Waals surface area contributed by atoms with Gasteiger partial charge in [-0.25, -0.2) is 0 Å². The smallest absolute Gasteiger partial charge is 0.0453 e. The molecule has 1 N–H and O–H groups in total. The van der Waals surface area contributed by atoms with E-state index in [2.05, 4.69) is 30.6 Å². The van der Waals surface area contributed by atoms with E-state index in [1.165, 1.54) is 10.4 Å². The van der Waals surface area contributed by atoms with Gasteiger partial charge in [0.25, 0.3) is 0 Å². The predicted molar refractivity (Wildman–Crippen MR) is 85.6 cm³/mol. The van der Waals surface area contributed by atoms with Crippen molar-refractivity contribution in [3.8, 4) is 0 Å². The van der Waals surface area contributed by atoms with Gasteiger partial charge in [0, 0.05) is 21.0 Å². The molecule has 1 heterocycles. The Balaban J connectivity index is 2.26. The minimum absolute atomic E-state index is 0.257. The Morgan fingerprint density at radius 1 is 1.26 bits per heavy atom. The zero-order chi connectivity index (χ0) is 13.8. The number of aryl methyl sites for hydroxylation is 1. The van der Waals surface area contributed by atoms with Crippen LogP contribution in [-0.2, 0) is 6.42 Å². The van der Waals surface area contributed by atoms with Gasteiger partial charge in [-0.2, -0.15) is 0 Å². The van der Waals surface area contributed by atoms with Crippen LogP contribution < -0.4 is 5.32 Å². The summed E-state index contributed by atoms with van der Waals surface area (Å²) >= 11 is 14.3. The highest BCUT2D eigenvalue weighted by Crippen LogP contribution is 2.30. The molecule has 4 heteroatoms. The van der Waals surface area contributed by atoms with Gasteiger partial charge in [0.2, 0.25) is 0 Å². The molecule has 0 aliphatic heterocycles. The van der Waals surface area contributed by atoms with Crippen LogP contribution in [-0.4, -0.2) is 6.54 Å². The Morgan fingerprint density at radius 2 is 1.95 bits per heavy atom. The van der Waals surface area contributed by atoms with Crippen LogP contribution >= 0.6 is 34.5 Å². The van der Waals surface area contributed by atoms with E-state index in [0.717, 1.165) is 28.6 Å². The van der Waals surface area contributed by atoms with Crippen LogP contribution in [0.3, 0.4) is 0 Å². The first-order valence-corrected chi connectivity index (χ1v) is 7.96. The van der Waals surface area contributed by atoms with Crippen molar-refractivity contribution < 1.29 is 0 Å². The molecule has 1 aromatic carbocycles. The molecular weight excluding hydrogens is 297 g/mol. The lowest BCUT2D eigenvalue weighted by Crippen LogP contribution is -2.22. The van der Waals surface area contributed by atoms with Crippen LogP contribution in [0.5, 0.6) is 0 Å². The highest BCUT2D eigenvalue weighted by Gasteiger charge is 2.16. The van der Waals surface area contributed by atoms with Crippen molar-refractivity contribution in [1.82, 2.24) is 5.32 Å². The molecule has 1 unspecified atom stereocenters. The largest absolute Gasteiger partial charge is 0.310 e. The molecule has 1 nitrogen and oxygen atoms in total. The number of thiophene rings is 1. The monoisotopic (exact) mass is 313 g/mol. The van der Waals surface area contributed by atoms with Crippen LogP contribution in [0, 0.1) is 6.92 Å². The molecule has 0 saturated heterocycles. The van der Waals surface area contributed by atoms with Gasteiger partial charge in [0.1, 0.15) is 0 Å². The average molecular weight is 314 g/mol. The third kappa shape index (κ3) is 3.73. The van der Waals surface area contributed by atoms with Crippen molar-refractivity contribution in [3.63, 3.8) is 0 Å². The van der Waals surface area contributed by atoms with Gasteiger partial charge < -0.3 is 5.32 Å². The standard InChI is InChI=1S/C15H17Cl2NS/c1-3-18-15(11-7-10(2)19-9-11)8-12-13(16)5-4-6-14(12)17/h4-7,9,15,18H,3,8H2,1-2H3. The van der Waals surface area contributed by atoms with Crippen LogP contribution in [0.2, 0.25) is 10.0 Å². The van der Waals surface area contributed by atoms with E-state index in [0.29, 0.717) is 0 Å². The zero-order valence-electron chi connectivity index (χ0n) is 11.0. The number of nitrogens with one attached hydrogen (secondary N) is 1. The van der Waals surface area contributed by atoms with Crippen LogP contribution in [0.4, 0.5) is 0 Å². The van der Waals surface area contributed by atoms with Crippen molar-refractivity contribution in [1.29, 1.82) is 0 Å². The fourth-order valence-corrected chi connectivity index (χ4v) is 3.44. The Morgan fingerprint density at radius 3 is 2.47 bits per heavy atom. The molecule has 0 aliphatic carbocycles. The summed E-state index contributed by atoms with van der Waals surface area (Å²) in [4.78, 5) is 1.32. The molecule has 0 saturated carbocycles. The van der Waals surface area contributed by atoms with E-state index < -0.39 is 0 Å². The maximum absolute atomic E-state index is 6.26. The van der Waals surface area contributed by atoms with Gasteiger partial charge in [-0.1, -0.05) is 36.2 Å². The number of likely N-dealkylation sites (N-methyl/N-ethyl adjacent to an activating group) is 1. The zero-order valence-corrected chi connectivity index (χ0v) is 13.4. The molecule has 0 fully saturated rings. The molecular formula is C15H17Cl2NS. The maximum atomic E-state index is 6.26. The van der Waals surface area contributed by atoms with E-state index in [1.807, 2.05) is 18.2 Å². The van der Waals surface area contributed by atoms with Gasteiger partial charge in [0.15, 0.2) is 0 Å². The second-order valence-corrected chi connectivity index (χ2v) is 6.44. The number of hydrogen-bond donors (Lipinski definition) is 1. The Labute approximate surface area is 128 Å². The highest BCUT2D eigenvalue weighted by atomic mass is 35.5. The maximum Gasteiger partial charge on any atom is 0.0453 e. The molecule has 0 aliphatic rings. The number of hydrogen-bond acceptors (Lipinski definition) is 2. The molecule has 0 bridgehead atoms. The molecule has 1 atom stereocenters. The van der Waals surface area contributed by atoms with E-state index >= 15 is 0 Å². The lowest BCUT2D eigenvalue weighted by atomic mass is 10.0. The molecule has 1 aromatic heterocycles. The van der Waals surface area contributed by atoms with Gasteiger partial charge in [-0.05, 0) is 54.6 Å². The minimum Gasteiger partial charge on any atom is -0.310 e. The first kappa shape index (κ1) is 14.9. The lowest BCUT2D eigenvalue weighted by Gasteiger charge is -2.18. The highest BCUT2D eigenvalue weighted by molar-refractivity contribution is 7.10. The third-order valence-electron chi connectivity index (χ3n) is 3.07. The summed E-state index contributed by atoms with van der Waals surface area (Å²) in [6, 6.07) is 8.15. The van der Waals surface area contributed by atoms with Crippen molar-refractivity contribution in [2.75, 3.05) is 6.54 Å². The topological polar surface area (TPSA) is 12.0 Å². The lowest BCUT2D eigenvalue weighted by molar-refractivity contribution is 0.551. The van der Waals surface area contributed by atoms with E-state index in [4.69, 9.17) is 23.2 Å². The third-order valence-corrected chi connectivity index (χ3v) is 4.66. The summed E-state index contributed by atoms with van der Waals surface area (Å²) in [6.07, 6.45) is 0.808. The number of rotatable bonds is 5. The Kier molecular flexibility index (Phi) is 5.28. The van der Waals surface area contributed by atoms with Crippen molar-refractivity contribution in [3.05, 3.63) is 55.7 Å². The van der Waals surface area contributed by atoms with Crippen molar-refractivity contribution in [2.45, 2.75) is 26.3 Å². The summed E-state index contributed by atoms with van der Waals surface area (Å²) in [5.41, 5.74) is 2.32. The van der Waals surface area contributed by atoms with E-state index in [1.54, 1.807) is 11.3 Å². The van der Waals surface area contributed by atoms with Gasteiger partial charge >= 0.3 is 0 Å². The van der Waals surface area contributed by atoms with E-state index in [9.17, 15) is 0 Å². The molecule has 2 rings (SSSR count). The summed E-state index contributed by atoms with van der Waals surface area (Å²) in [6.45, 7) is 5.15. The first-order valence-electron chi connectivity index (χ1n) is 6.33. The first-order chi connectivity index (χ1) is 9.11. The second kappa shape index (κ2) is 6.76. The SMILES string of the molecule is CCNC(Cc1c(Cl)cccc1Cl)c1csc(C)c1.